The van der Waals surface area contributed by atoms with Gasteiger partial charge in [-0.2, -0.15) is 0 Å². The van der Waals surface area contributed by atoms with Crippen LogP contribution in [0, 0.1) is 0 Å². The van der Waals surface area contributed by atoms with Crippen LogP contribution in [0.5, 0.6) is 0 Å². The zero-order valence-corrected chi connectivity index (χ0v) is 7.94. The third-order valence-electron chi connectivity index (χ3n) is 0.746. The molecule has 0 unspecified atom stereocenters. The third kappa shape index (κ3) is 3.49. The van der Waals surface area contributed by atoms with Crippen molar-refractivity contribution >= 4 is 34.9 Å². The van der Waals surface area contributed by atoms with Crippen molar-refractivity contribution in [1.29, 1.82) is 0 Å². The first-order valence-corrected chi connectivity index (χ1v) is 3.52. The summed E-state index contributed by atoms with van der Waals surface area (Å²) in [5.74, 6) is -1.72. The van der Waals surface area contributed by atoms with Gasteiger partial charge in [-0.3, -0.25) is 0 Å². The molecule has 0 heterocycles. The molecule has 0 aliphatic carbocycles. The average Bonchev–Trinajstić information content (AvgIpc) is 1.85. The van der Waals surface area contributed by atoms with E-state index >= 15 is 0 Å². The van der Waals surface area contributed by atoms with Crippen LogP contribution in [0.1, 0.15) is 6.42 Å². The molecule has 0 bridgehead atoms. The van der Waals surface area contributed by atoms with Gasteiger partial charge in [-0.15, -0.1) is 0 Å². The average molecular weight is 248 g/mol. The van der Waals surface area contributed by atoms with E-state index in [1.165, 1.54) is 0 Å². The van der Waals surface area contributed by atoms with Gasteiger partial charge >= 0.3 is 71.2 Å². The van der Waals surface area contributed by atoms with Crippen molar-refractivity contribution in [2.24, 2.45) is 0 Å². The Kier molecular flexibility index (Phi) is 4.09. The van der Waals surface area contributed by atoms with Crippen LogP contribution >= 0.6 is 0 Å². The zero-order valence-electron chi connectivity index (χ0n) is 5.09. The molecule has 3 radical (unpaired) electrons. The molecule has 5 heteroatoms. The Balaban J connectivity index is 3.86. The molecule has 10 heavy (non-hydrogen) atoms. The molecule has 0 aliphatic rings. The molecule has 0 amide bonds. The second-order valence-corrected chi connectivity index (χ2v) is 2.15. The quantitative estimate of drug-likeness (QED) is 0.547. The van der Waals surface area contributed by atoms with Gasteiger partial charge < -0.3 is 0 Å². The molecule has 0 aromatic carbocycles. The van der Waals surface area contributed by atoms with Crippen molar-refractivity contribution in [3.8, 4) is 0 Å². The van der Waals surface area contributed by atoms with Crippen molar-refractivity contribution in [3.05, 3.63) is 12.2 Å². The Labute approximate surface area is 71.5 Å². The predicted octanol–water partition coefficient (Wildman–Crippen LogP) is -0.356. The van der Waals surface area contributed by atoms with Gasteiger partial charge in [0.05, 0.1) is 0 Å². The molecule has 0 saturated heterocycles. The summed E-state index contributed by atoms with van der Waals surface area (Å²) in [6, 6.07) is 0. The number of carboxylic acids is 1. The summed E-state index contributed by atoms with van der Waals surface area (Å²) in [5, 5.41) is 8.17. The number of carboxylic acid groups (broad SMARTS) is 1. The summed E-state index contributed by atoms with van der Waals surface area (Å²) in [4.78, 5) is 20.5. The van der Waals surface area contributed by atoms with E-state index in [0.29, 0.717) is 22.9 Å². The fourth-order valence-corrected chi connectivity index (χ4v) is 0.739. The van der Waals surface area contributed by atoms with E-state index in [4.69, 9.17) is 5.11 Å². The minimum absolute atomic E-state index is 0.0238. The Morgan fingerprint density at radius 3 is 2.40 bits per heavy atom. The van der Waals surface area contributed by atoms with Crippen molar-refractivity contribution < 1.29 is 17.8 Å². The van der Waals surface area contributed by atoms with Gasteiger partial charge in [-0.1, -0.05) is 0 Å². The summed E-state index contributed by atoms with van der Waals surface area (Å²) in [6.07, 6.45) is -0.354. The fourth-order valence-electron chi connectivity index (χ4n) is 0.327. The first-order chi connectivity index (χ1) is 4.57. The maximum absolute atomic E-state index is 10.5. The molecule has 0 aromatic heterocycles. The number of hydrogen-bond donors (Lipinski definition) is 1. The zero-order chi connectivity index (χ0) is 8.15. The van der Waals surface area contributed by atoms with Gasteiger partial charge in [0.25, 0.3) is 0 Å². The summed E-state index contributed by atoms with van der Waals surface area (Å²) >= 11 is 0.587. The van der Waals surface area contributed by atoms with E-state index in [2.05, 4.69) is 9.65 Å². The molecule has 0 saturated carbocycles. The molecule has 0 spiro atoms. The van der Waals surface area contributed by atoms with Crippen LogP contribution in [-0.2, 0) is 12.7 Å². The third-order valence-corrected chi connectivity index (χ3v) is 1.28. The summed E-state index contributed by atoms with van der Waals surface area (Å²) in [7, 11) is 0. The van der Waals surface area contributed by atoms with E-state index < -0.39 is 11.9 Å². The molecular weight excluding hydrogens is 243 g/mol. The Bertz CT molecular complexity index is 174. The Morgan fingerprint density at radius 1 is 1.60 bits per heavy atom. The standard InChI is InChI=1S/C5H6O4.Sn/c1-3(5(8)9)2-4(6)7;/h1-2H2,(H,6,7)(H,8,9);/q;+1/p-1. The molecule has 4 nitrogen and oxygen atoms in total. The molecule has 0 fully saturated rings. The second kappa shape index (κ2) is 4.32. The van der Waals surface area contributed by atoms with Crippen LogP contribution in [0.3, 0.4) is 0 Å². The first kappa shape index (κ1) is 9.48. The second-order valence-electron chi connectivity index (χ2n) is 1.56. The van der Waals surface area contributed by atoms with E-state index in [1.54, 1.807) is 0 Å². The molecule has 0 aliphatic heterocycles. The van der Waals surface area contributed by atoms with Crippen molar-refractivity contribution in [1.82, 2.24) is 0 Å². The van der Waals surface area contributed by atoms with Gasteiger partial charge in [0.15, 0.2) is 0 Å². The molecular formula is C5H5O4Sn. The van der Waals surface area contributed by atoms with Crippen LogP contribution in [-0.4, -0.2) is 40.0 Å². The molecule has 0 aromatic rings. The number of rotatable bonds is 3. The summed E-state index contributed by atoms with van der Waals surface area (Å²) < 4.78 is 4.30. The SMILES string of the molecule is C=C(CC(=O)O)C(=O)[O][Sn]. The Hall–Kier alpha value is -0.521. The molecule has 1 N–H and O–H groups in total. The van der Waals surface area contributed by atoms with Crippen molar-refractivity contribution in [2.45, 2.75) is 6.42 Å². The number of carbonyl (C=O) groups excluding carboxylic acids is 1. The molecule has 0 rings (SSSR count). The monoisotopic (exact) mass is 249 g/mol. The normalized spacial score (nSPS) is 8.50. The van der Waals surface area contributed by atoms with Gasteiger partial charge in [0.1, 0.15) is 0 Å². The van der Waals surface area contributed by atoms with Crippen molar-refractivity contribution in [3.63, 3.8) is 0 Å². The molecule has 0 atom stereocenters. The van der Waals surface area contributed by atoms with Gasteiger partial charge in [0.2, 0.25) is 0 Å². The topological polar surface area (TPSA) is 63.6 Å². The summed E-state index contributed by atoms with van der Waals surface area (Å²) in [6.45, 7) is 3.22. The number of aliphatic carboxylic acids is 1. The first-order valence-electron chi connectivity index (χ1n) is 2.35. The van der Waals surface area contributed by atoms with Crippen LogP contribution in [0.2, 0.25) is 0 Å². The van der Waals surface area contributed by atoms with E-state index in [0.717, 1.165) is 0 Å². The summed E-state index contributed by atoms with van der Waals surface area (Å²) in [5.41, 5.74) is -0.0238. The van der Waals surface area contributed by atoms with E-state index in [1.807, 2.05) is 0 Å². The van der Waals surface area contributed by atoms with Crippen LogP contribution < -0.4 is 0 Å². The predicted molar refractivity (Wildman–Crippen MR) is 33.2 cm³/mol. The van der Waals surface area contributed by atoms with Crippen LogP contribution in [0.15, 0.2) is 12.2 Å². The molecule has 53 valence electrons. The number of carbonyl (C=O) groups is 2. The van der Waals surface area contributed by atoms with Crippen LogP contribution in [0.25, 0.3) is 0 Å². The maximum atomic E-state index is 10.5. The van der Waals surface area contributed by atoms with E-state index in [9.17, 15) is 9.59 Å². The van der Waals surface area contributed by atoms with Crippen molar-refractivity contribution in [2.75, 3.05) is 0 Å². The van der Waals surface area contributed by atoms with Gasteiger partial charge in [0, 0.05) is 0 Å². The number of hydrogen-bond acceptors (Lipinski definition) is 3. The van der Waals surface area contributed by atoms with Crippen LogP contribution in [0.4, 0.5) is 0 Å². The van der Waals surface area contributed by atoms with E-state index in [-0.39, 0.29) is 12.0 Å². The minimum atomic E-state index is -1.08. The van der Waals surface area contributed by atoms with Gasteiger partial charge in [-0.25, -0.2) is 0 Å². The Morgan fingerprint density at radius 2 is 2.10 bits per heavy atom. The van der Waals surface area contributed by atoms with Gasteiger partial charge in [-0.05, 0) is 0 Å². The fraction of sp³-hybridized carbons (Fsp3) is 0.200.